The molecule has 0 saturated carbocycles. The summed E-state index contributed by atoms with van der Waals surface area (Å²) in [6, 6.07) is 17.1. The van der Waals surface area contributed by atoms with Gasteiger partial charge in [-0.1, -0.05) is 54.1 Å². The van der Waals surface area contributed by atoms with E-state index in [0.717, 1.165) is 16.8 Å². The van der Waals surface area contributed by atoms with Gasteiger partial charge in [-0.15, -0.1) is 11.3 Å². The Bertz CT molecular complexity index is 826. The number of halogens is 1. The number of benzene rings is 2. The minimum Gasteiger partial charge on any atom is -0.298 e. The number of carbonyl (C=O) groups is 1. The van der Waals surface area contributed by atoms with Crippen molar-refractivity contribution in [2.45, 2.75) is 0 Å². The van der Waals surface area contributed by atoms with Crippen LogP contribution in [0, 0.1) is 0 Å². The van der Waals surface area contributed by atoms with E-state index >= 15 is 0 Å². The average Bonchev–Trinajstić information content (AvgIpc) is 3.03. The number of thiazole rings is 1. The summed E-state index contributed by atoms with van der Waals surface area (Å²) in [5.74, 6) is -0.203. The van der Waals surface area contributed by atoms with E-state index in [1.54, 1.807) is 6.08 Å². The number of anilines is 1. The molecule has 0 unspecified atom stereocenters. The van der Waals surface area contributed by atoms with Gasteiger partial charge in [0.1, 0.15) is 0 Å². The molecule has 2 aromatic carbocycles. The molecule has 0 aliphatic heterocycles. The molecule has 1 N–H and O–H groups in total. The van der Waals surface area contributed by atoms with Gasteiger partial charge in [0, 0.05) is 22.0 Å². The fourth-order valence-electron chi connectivity index (χ4n) is 1.97. The van der Waals surface area contributed by atoms with Crippen molar-refractivity contribution in [2.75, 3.05) is 5.32 Å². The Morgan fingerprint density at radius 3 is 2.57 bits per heavy atom. The third-order valence-corrected chi connectivity index (χ3v) is 4.11. The molecule has 1 heterocycles. The predicted octanol–water partition coefficient (Wildman–Crippen LogP) is 5.12. The SMILES string of the molecule is O=C(/C=C/c1ccccc1)Nc1nc(-c2ccc(Cl)cc2)cs1. The molecular weight excluding hydrogens is 328 g/mol. The highest BCUT2D eigenvalue weighted by Gasteiger charge is 2.06. The van der Waals surface area contributed by atoms with E-state index in [1.807, 2.05) is 60.0 Å². The fraction of sp³-hybridized carbons (Fsp3) is 0. The molecule has 0 atom stereocenters. The summed E-state index contributed by atoms with van der Waals surface area (Å²) in [5.41, 5.74) is 2.75. The summed E-state index contributed by atoms with van der Waals surface area (Å²) in [7, 11) is 0. The molecule has 1 aromatic heterocycles. The Morgan fingerprint density at radius 2 is 1.83 bits per heavy atom. The molecule has 5 heteroatoms. The third kappa shape index (κ3) is 4.28. The lowest BCUT2D eigenvalue weighted by Gasteiger charge is -1.97. The first-order valence-electron chi connectivity index (χ1n) is 6.96. The number of rotatable bonds is 4. The number of aromatic nitrogens is 1. The molecule has 114 valence electrons. The van der Waals surface area contributed by atoms with Crippen molar-refractivity contribution in [3.8, 4) is 11.3 Å². The van der Waals surface area contributed by atoms with Crippen LogP contribution in [0.3, 0.4) is 0 Å². The molecule has 3 rings (SSSR count). The Labute approximate surface area is 143 Å². The van der Waals surface area contributed by atoms with E-state index in [-0.39, 0.29) is 5.91 Å². The Hall–Kier alpha value is -2.43. The van der Waals surface area contributed by atoms with Crippen molar-refractivity contribution in [2.24, 2.45) is 0 Å². The summed E-state index contributed by atoms with van der Waals surface area (Å²) in [6.07, 6.45) is 3.27. The van der Waals surface area contributed by atoms with Crippen LogP contribution in [-0.4, -0.2) is 10.9 Å². The summed E-state index contributed by atoms with van der Waals surface area (Å²) in [6.45, 7) is 0. The lowest BCUT2D eigenvalue weighted by molar-refractivity contribution is -0.111. The molecule has 0 aliphatic carbocycles. The molecule has 0 bridgehead atoms. The van der Waals surface area contributed by atoms with Gasteiger partial charge >= 0.3 is 0 Å². The first-order chi connectivity index (χ1) is 11.2. The zero-order valence-corrected chi connectivity index (χ0v) is 13.6. The van der Waals surface area contributed by atoms with E-state index < -0.39 is 0 Å². The van der Waals surface area contributed by atoms with Gasteiger partial charge in [-0.2, -0.15) is 0 Å². The first kappa shape index (κ1) is 15.5. The number of hydrogen-bond donors (Lipinski definition) is 1. The van der Waals surface area contributed by atoms with Gasteiger partial charge in [-0.05, 0) is 23.8 Å². The van der Waals surface area contributed by atoms with Gasteiger partial charge in [0.05, 0.1) is 5.69 Å². The van der Waals surface area contributed by atoms with Crippen molar-refractivity contribution in [1.82, 2.24) is 4.98 Å². The number of nitrogens with one attached hydrogen (secondary N) is 1. The van der Waals surface area contributed by atoms with Crippen LogP contribution >= 0.6 is 22.9 Å². The predicted molar refractivity (Wildman–Crippen MR) is 96.7 cm³/mol. The maximum absolute atomic E-state index is 11.9. The zero-order valence-electron chi connectivity index (χ0n) is 12.1. The Kier molecular flexibility index (Phi) is 4.86. The van der Waals surface area contributed by atoms with Crippen LogP contribution in [0.15, 0.2) is 66.1 Å². The van der Waals surface area contributed by atoms with Crippen LogP contribution < -0.4 is 5.32 Å². The number of carbonyl (C=O) groups excluding carboxylic acids is 1. The minimum atomic E-state index is -0.203. The third-order valence-electron chi connectivity index (χ3n) is 3.10. The minimum absolute atomic E-state index is 0.203. The molecular formula is C18H13ClN2OS. The Morgan fingerprint density at radius 1 is 1.09 bits per heavy atom. The lowest BCUT2D eigenvalue weighted by Crippen LogP contribution is -2.07. The standard InChI is InChI=1S/C18H13ClN2OS/c19-15-9-7-14(8-10-15)16-12-23-18(20-16)21-17(22)11-6-13-4-2-1-3-5-13/h1-12H,(H,20,21,22)/b11-6+. The van der Waals surface area contributed by atoms with Crippen LogP contribution in [0.2, 0.25) is 5.02 Å². The summed E-state index contributed by atoms with van der Waals surface area (Å²) in [5, 5.41) is 5.92. The zero-order chi connectivity index (χ0) is 16.1. The highest BCUT2D eigenvalue weighted by atomic mass is 35.5. The number of amides is 1. The fourth-order valence-corrected chi connectivity index (χ4v) is 2.82. The van der Waals surface area contributed by atoms with E-state index in [9.17, 15) is 4.79 Å². The summed E-state index contributed by atoms with van der Waals surface area (Å²) < 4.78 is 0. The molecule has 23 heavy (non-hydrogen) atoms. The van der Waals surface area contributed by atoms with Crippen molar-refractivity contribution < 1.29 is 4.79 Å². The molecule has 3 aromatic rings. The molecule has 0 radical (unpaired) electrons. The lowest BCUT2D eigenvalue weighted by atomic mass is 10.2. The maximum Gasteiger partial charge on any atom is 0.250 e. The van der Waals surface area contributed by atoms with Gasteiger partial charge in [0.2, 0.25) is 5.91 Å². The van der Waals surface area contributed by atoms with Crippen LogP contribution in [0.25, 0.3) is 17.3 Å². The van der Waals surface area contributed by atoms with E-state index in [2.05, 4.69) is 10.3 Å². The first-order valence-corrected chi connectivity index (χ1v) is 8.22. The quantitative estimate of drug-likeness (QED) is 0.670. The second kappa shape index (κ2) is 7.22. The molecule has 1 amide bonds. The normalized spacial score (nSPS) is 10.8. The molecule has 0 aliphatic rings. The van der Waals surface area contributed by atoms with Crippen molar-refractivity contribution in [3.05, 3.63) is 76.6 Å². The number of nitrogens with zero attached hydrogens (tertiary/aromatic N) is 1. The molecule has 0 saturated heterocycles. The molecule has 0 fully saturated rings. The Balaban J connectivity index is 1.66. The topological polar surface area (TPSA) is 42.0 Å². The largest absolute Gasteiger partial charge is 0.298 e. The monoisotopic (exact) mass is 340 g/mol. The maximum atomic E-state index is 11.9. The average molecular weight is 341 g/mol. The second-order valence-electron chi connectivity index (χ2n) is 4.78. The van der Waals surface area contributed by atoms with Crippen LogP contribution in [-0.2, 0) is 4.79 Å². The van der Waals surface area contributed by atoms with E-state index in [4.69, 9.17) is 11.6 Å². The van der Waals surface area contributed by atoms with Gasteiger partial charge in [0.15, 0.2) is 5.13 Å². The van der Waals surface area contributed by atoms with Crippen molar-refractivity contribution in [3.63, 3.8) is 0 Å². The van der Waals surface area contributed by atoms with E-state index in [0.29, 0.717) is 10.2 Å². The van der Waals surface area contributed by atoms with Gasteiger partial charge in [-0.25, -0.2) is 4.98 Å². The van der Waals surface area contributed by atoms with E-state index in [1.165, 1.54) is 17.4 Å². The second-order valence-corrected chi connectivity index (χ2v) is 6.07. The van der Waals surface area contributed by atoms with Crippen LogP contribution in [0.5, 0.6) is 0 Å². The summed E-state index contributed by atoms with van der Waals surface area (Å²) in [4.78, 5) is 16.3. The highest BCUT2D eigenvalue weighted by molar-refractivity contribution is 7.14. The smallest absolute Gasteiger partial charge is 0.250 e. The summed E-state index contributed by atoms with van der Waals surface area (Å²) >= 11 is 7.26. The number of hydrogen-bond acceptors (Lipinski definition) is 3. The van der Waals surface area contributed by atoms with Crippen molar-refractivity contribution in [1.29, 1.82) is 0 Å². The van der Waals surface area contributed by atoms with Gasteiger partial charge < -0.3 is 0 Å². The highest BCUT2D eigenvalue weighted by Crippen LogP contribution is 2.25. The van der Waals surface area contributed by atoms with Gasteiger partial charge in [-0.3, -0.25) is 10.1 Å². The van der Waals surface area contributed by atoms with Crippen LogP contribution in [0.1, 0.15) is 5.56 Å². The molecule has 3 nitrogen and oxygen atoms in total. The van der Waals surface area contributed by atoms with Crippen LogP contribution in [0.4, 0.5) is 5.13 Å². The molecule has 0 spiro atoms. The van der Waals surface area contributed by atoms with Gasteiger partial charge in [0.25, 0.3) is 0 Å². The van der Waals surface area contributed by atoms with Crippen molar-refractivity contribution >= 4 is 40.1 Å².